The molecular weight excluding hydrogens is 444 g/mol. The monoisotopic (exact) mass is 478 g/mol. The number of hydrogen-bond acceptors (Lipinski definition) is 9. The van der Waals surface area contributed by atoms with Crippen molar-refractivity contribution in [3.8, 4) is 0 Å². The van der Waals surface area contributed by atoms with Gasteiger partial charge in [0.05, 0.1) is 13.0 Å². The Morgan fingerprint density at radius 1 is 0.906 bits per heavy atom. The molecule has 14 heteroatoms. The van der Waals surface area contributed by atoms with Crippen molar-refractivity contribution in [2.24, 2.45) is 17.2 Å². The van der Waals surface area contributed by atoms with E-state index in [-0.39, 0.29) is 12.8 Å². The molecule has 0 spiro atoms. The second kappa shape index (κ2) is 16.2. The topological polar surface area (TPSA) is 240 Å². The molecule has 13 nitrogen and oxygen atoms in total. The van der Waals surface area contributed by atoms with Gasteiger partial charge in [-0.3, -0.25) is 19.2 Å². The fraction of sp³-hybridized carbons (Fsp3) is 0.722. The normalized spacial score (nSPS) is 14.5. The Bertz CT molecular complexity index is 651. The molecule has 0 aromatic rings. The van der Waals surface area contributed by atoms with Gasteiger partial charge in [-0.25, -0.2) is 4.79 Å². The SMILES string of the molecule is CSCCC(NC(=O)C(CC(N)=O)NC(=O)C(CCCCN)NC(=O)C(N)CO)C(=O)O. The van der Waals surface area contributed by atoms with Crippen molar-refractivity contribution >= 4 is 41.4 Å². The lowest BCUT2D eigenvalue weighted by Gasteiger charge is -2.24. The molecule has 11 N–H and O–H groups in total. The van der Waals surface area contributed by atoms with Gasteiger partial charge in [0.2, 0.25) is 23.6 Å². The Morgan fingerprint density at radius 3 is 1.97 bits per heavy atom. The van der Waals surface area contributed by atoms with E-state index in [1.165, 1.54) is 11.8 Å². The minimum atomic E-state index is -1.45. The van der Waals surface area contributed by atoms with E-state index in [1.54, 1.807) is 6.26 Å². The van der Waals surface area contributed by atoms with E-state index in [0.717, 1.165) is 0 Å². The second-order valence-corrected chi connectivity index (χ2v) is 8.03. The highest BCUT2D eigenvalue weighted by atomic mass is 32.2. The van der Waals surface area contributed by atoms with Crippen LogP contribution in [0.25, 0.3) is 0 Å². The second-order valence-electron chi connectivity index (χ2n) is 7.05. The quantitative estimate of drug-likeness (QED) is 0.0963. The largest absolute Gasteiger partial charge is 0.480 e. The van der Waals surface area contributed by atoms with E-state index in [1.807, 2.05) is 0 Å². The molecule has 0 saturated carbocycles. The molecule has 0 aliphatic heterocycles. The van der Waals surface area contributed by atoms with Crippen LogP contribution in [0.1, 0.15) is 32.1 Å². The number of unbranched alkanes of at least 4 members (excludes halogenated alkanes) is 1. The molecule has 4 amide bonds. The van der Waals surface area contributed by atoms with Crippen molar-refractivity contribution < 1.29 is 34.2 Å². The number of aliphatic hydroxyl groups is 1. The molecular formula is C18H34N6O7S. The van der Waals surface area contributed by atoms with Crippen molar-refractivity contribution in [3.63, 3.8) is 0 Å². The number of carboxylic acids is 1. The number of amides is 4. The first kappa shape index (κ1) is 29.6. The summed E-state index contributed by atoms with van der Waals surface area (Å²) in [6.07, 6.45) is 2.52. The van der Waals surface area contributed by atoms with Gasteiger partial charge in [-0.2, -0.15) is 11.8 Å². The maximum atomic E-state index is 12.8. The predicted octanol–water partition coefficient (Wildman–Crippen LogP) is -3.40. The van der Waals surface area contributed by atoms with Gasteiger partial charge in [-0.15, -0.1) is 0 Å². The van der Waals surface area contributed by atoms with E-state index in [9.17, 15) is 29.1 Å². The summed E-state index contributed by atoms with van der Waals surface area (Å²) in [4.78, 5) is 60.2. The van der Waals surface area contributed by atoms with Gasteiger partial charge >= 0.3 is 5.97 Å². The molecule has 184 valence electrons. The maximum absolute atomic E-state index is 12.8. The van der Waals surface area contributed by atoms with Crippen molar-refractivity contribution in [2.45, 2.75) is 56.3 Å². The zero-order chi connectivity index (χ0) is 24.7. The third-order valence-electron chi connectivity index (χ3n) is 4.38. The van der Waals surface area contributed by atoms with E-state index in [0.29, 0.717) is 25.1 Å². The smallest absolute Gasteiger partial charge is 0.326 e. The third kappa shape index (κ3) is 11.8. The van der Waals surface area contributed by atoms with Crippen molar-refractivity contribution in [1.29, 1.82) is 0 Å². The van der Waals surface area contributed by atoms with E-state index < -0.39 is 66.8 Å². The van der Waals surface area contributed by atoms with Crippen LogP contribution in [0.4, 0.5) is 0 Å². The molecule has 0 aliphatic carbocycles. The van der Waals surface area contributed by atoms with Crippen LogP contribution < -0.4 is 33.2 Å². The number of carboxylic acid groups (broad SMARTS) is 1. The number of thioether (sulfide) groups is 1. The Morgan fingerprint density at radius 2 is 1.47 bits per heavy atom. The average Bonchev–Trinajstić information content (AvgIpc) is 2.73. The number of primary amides is 1. The van der Waals surface area contributed by atoms with Gasteiger partial charge < -0.3 is 43.4 Å². The molecule has 0 fully saturated rings. The van der Waals surface area contributed by atoms with Crippen LogP contribution in [0.2, 0.25) is 0 Å². The van der Waals surface area contributed by atoms with E-state index in [4.69, 9.17) is 22.3 Å². The lowest BCUT2D eigenvalue weighted by molar-refractivity contribution is -0.142. The highest BCUT2D eigenvalue weighted by Crippen LogP contribution is 2.05. The number of carbonyl (C=O) groups excluding carboxylic acids is 4. The fourth-order valence-corrected chi connectivity index (χ4v) is 3.04. The predicted molar refractivity (Wildman–Crippen MR) is 118 cm³/mol. The van der Waals surface area contributed by atoms with Gasteiger partial charge in [0.1, 0.15) is 24.2 Å². The van der Waals surface area contributed by atoms with Crippen LogP contribution in [0.5, 0.6) is 0 Å². The first-order chi connectivity index (χ1) is 15.1. The maximum Gasteiger partial charge on any atom is 0.326 e. The lowest BCUT2D eigenvalue weighted by atomic mass is 10.1. The number of rotatable bonds is 17. The van der Waals surface area contributed by atoms with Crippen molar-refractivity contribution in [1.82, 2.24) is 16.0 Å². The minimum absolute atomic E-state index is 0.135. The zero-order valence-corrected chi connectivity index (χ0v) is 18.9. The Hall–Kier alpha value is -2.42. The average molecular weight is 479 g/mol. The summed E-state index contributed by atoms with van der Waals surface area (Å²) in [6, 6.07) is -5.04. The summed E-state index contributed by atoms with van der Waals surface area (Å²) in [7, 11) is 0. The van der Waals surface area contributed by atoms with Gasteiger partial charge in [-0.1, -0.05) is 0 Å². The first-order valence-corrected chi connectivity index (χ1v) is 11.4. The summed E-state index contributed by atoms with van der Waals surface area (Å²) >= 11 is 1.39. The molecule has 4 unspecified atom stereocenters. The summed E-state index contributed by atoms with van der Waals surface area (Å²) < 4.78 is 0. The number of carbonyl (C=O) groups is 5. The summed E-state index contributed by atoms with van der Waals surface area (Å²) in [6.45, 7) is -0.278. The van der Waals surface area contributed by atoms with Gasteiger partial charge in [0.25, 0.3) is 0 Å². The molecule has 0 rings (SSSR count). The molecule has 0 radical (unpaired) electrons. The first-order valence-electron chi connectivity index (χ1n) is 10.0. The molecule has 0 saturated heterocycles. The number of nitrogens with one attached hydrogen (secondary N) is 3. The molecule has 0 aromatic carbocycles. The fourth-order valence-electron chi connectivity index (χ4n) is 2.57. The molecule has 0 aromatic heterocycles. The highest BCUT2D eigenvalue weighted by Gasteiger charge is 2.30. The van der Waals surface area contributed by atoms with Crippen LogP contribution in [-0.2, 0) is 24.0 Å². The van der Waals surface area contributed by atoms with Gasteiger partial charge in [0, 0.05) is 0 Å². The molecule has 0 heterocycles. The van der Waals surface area contributed by atoms with E-state index in [2.05, 4.69) is 16.0 Å². The molecule has 32 heavy (non-hydrogen) atoms. The molecule has 0 aliphatic rings. The Balaban J connectivity index is 5.42. The van der Waals surface area contributed by atoms with Gasteiger partial charge in [-0.05, 0) is 44.2 Å². The Labute approximate surface area is 190 Å². The van der Waals surface area contributed by atoms with Crippen molar-refractivity contribution in [2.75, 3.05) is 25.2 Å². The zero-order valence-electron chi connectivity index (χ0n) is 18.0. The van der Waals surface area contributed by atoms with Crippen LogP contribution in [-0.4, -0.2) is 89.1 Å². The number of aliphatic carboxylic acids is 1. The number of hydrogen-bond donors (Lipinski definition) is 8. The van der Waals surface area contributed by atoms with Crippen LogP contribution in [0.15, 0.2) is 0 Å². The lowest BCUT2D eigenvalue weighted by Crippen LogP contribution is -2.58. The van der Waals surface area contributed by atoms with Gasteiger partial charge in [0.15, 0.2) is 0 Å². The number of nitrogens with two attached hydrogens (primary N) is 3. The van der Waals surface area contributed by atoms with Crippen molar-refractivity contribution in [3.05, 3.63) is 0 Å². The van der Waals surface area contributed by atoms with Crippen LogP contribution in [0, 0.1) is 0 Å². The third-order valence-corrected chi connectivity index (χ3v) is 5.02. The highest BCUT2D eigenvalue weighted by molar-refractivity contribution is 7.98. The minimum Gasteiger partial charge on any atom is -0.480 e. The molecule has 0 bridgehead atoms. The summed E-state index contributed by atoms with van der Waals surface area (Å²) in [5, 5.41) is 25.3. The summed E-state index contributed by atoms with van der Waals surface area (Å²) in [5.41, 5.74) is 16.1. The standard InChI is InChI=1S/C18H34N6O7S/c1-32-7-5-12(18(30)31)23-17(29)13(8-14(21)26)24-16(28)11(4-2-3-6-19)22-15(27)10(20)9-25/h10-13,25H,2-9,19-20H2,1H3,(H2,21,26)(H,22,27)(H,23,29)(H,24,28)(H,30,31). The summed E-state index contributed by atoms with van der Waals surface area (Å²) in [5.74, 6) is -4.17. The number of aliphatic hydroxyl groups excluding tert-OH is 1. The Kier molecular flexibility index (Phi) is 15.0. The van der Waals surface area contributed by atoms with Crippen LogP contribution in [0.3, 0.4) is 0 Å². The van der Waals surface area contributed by atoms with E-state index >= 15 is 0 Å². The molecule has 4 atom stereocenters. The van der Waals surface area contributed by atoms with Crippen LogP contribution >= 0.6 is 11.8 Å².